The van der Waals surface area contributed by atoms with E-state index in [1.54, 1.807) is 6.07 Å². The van der Waals surface area contributed by atoms with Gasteiger partial charge in [-0.15, -0.1) is 0 Å². The molecule has 1 atom stereocenters. The van der Waals surface area contributed by atoms with Crippen molar-refractivity contribution in [2.75, 3.05) is 19.3 Å². The number of carbonyl (C=O) groups excluding carboxylic acids is 2. The molecule has 2 heterocycles. The summed E-state index contributed by atoms with van der Waals surface area (Å²) in [5.74, 6) is -0.166. The molecule has 2 aliphatic rings. The standard InChI is InChI=1S/C17H22N2O5S/c1-11-16(21)14-10-13(25(3,22)23)4-5-15(14)24-17(11)6-8-19(9-7-17)18-12(2)20/h4-5,10-11H,6-9H2,1-3H3,(H,18,20). The Morgan fingerprint density at radius 2 is 1.96 bits per heavy atom. The fourth-order valence-electron chi connectivity index (χ4n) is 3.56. The van der Waals surface area contributed by atoms with Gasteiger partial charge < -0.3 is 4.74 Å². The molecule has 3 rings (SSSR count). The maximum atomic E-state index is 12.9. The van der Waals surface area contributed by atoms with Crippen LogP contribution in [0.1, 0.15) is 37.0 Å². The second-order valence-corrected chi connectivity index (χ2v) is 8.85. The number of ether oxygens (including phenoxy) is 1. The number of carbonyl (C=O) groups is 2. The highest BCUT2D eigenvalue weighted by molar-refractivity contribution is 7.90. The zero-order valence-electron chi connectivity index (χ0n) is 14.5. The second-order valence-electron chi connectivity index (χ2n) is 6.84. The number of ketones is 1. The summed E-state index contributed by atoms with van der Waals surface area (Å²) in [6, 6.07) is 4.44. The first kappa shape index (κ1) is 17.9. The average molecular weight is 366 g/mol. The van der Waals surface area contributed by atoms with Crippen LogP contribution in [0.3, 0.4) is 0 Å². The molecule has 0 bridgehead atoms. The van der Waals surface area contributed by atoms with Gasteiger partial charge in [-0.3, -0.25) is 15.0 Å². The van der Waals surface area contributed by atoms with Crippen LogP contribution in [-0.2, 0) is 14.6 Å². The van der Waals surface area contributed by atoms with Crippen molar-refractivity contribution in [3.05, 3.63) is 23.8 Å². The third-order valence-corrected chi connectivity index (χ3v) is 6.18. The van der Waals surface area contributed by atoms with Crippen LogP contribution in [0.25, 0.3) is 0 Å². The minimum Gasteiger partial charge on any atom is -0.486 e. The van der Waals surface area contributed by atoms with Crippen molar-refractivity contribution >= 4 is 21.5 Å². The SMILES string of the molecule is CC(=O)NN1CCC2(CC1)Oc1ccc(S(C)(=O)=O)cc1C(=O)C2C. The molecule has 1 aromatic rings. The Bertz CT molecular complexity index is 825. The van der Waals surface area contributed by atoms with Gasteiger partial charge in [-0.25, -0.2) is 13.4 Å². The Balaban J connectivity index is 1.88. The molecule has 1 saturated heterocycles. The van der Waals surface area contributed by atoms with Gasteiger partial charge >= 0.3 is 0 Å². The Kier molecular flexibility index (Phi) is 4.36. The highest BCUT2D eigenvalue weighted by Crippen LogP contribution is 2.43. The first-order valence-electron chi connectivity index (χ1n) is 8.22. The lowest BCUT2D eigenvalue weighted by Crippen LogP contribution is -2.58. The number of rotatable bonds is 2. The maximum absolute atomic E-state index is 12.9. The zero-order chi connectivity index (χ0) is 18.4. The predicted molar refractivity (Wildman–Crippen MR) is 91.0 cm³/mol. The summed E-state index contributed by atoms with van der Waals surface area (Å²) in [6.07, 6.45) is 2.33. The van der Waals surface area contributed by atoms with Crippen molar-refractivity contribution in [2.24, 2.45) is 5.92 Å². The highest BCUT2D eigenvalue weighted by Gasteiger charge is 2.49. The minimum absolute atomic E-state index is 0.0975. The van der Waals surface area contributed by atoms with E-state index >= 15 is 0 Å². The highest BCUT2D eigenvalue weighted by atomic mass is 32.2. The predicted octanol–water partition coefficient (Wildman–Crippen LogP) is 1.19. The molecule has 1 amide bonds. The molecule has 136 valence electrons. The maximum Gasteiger partial charge on any atom is 0.231 e. The molecule has 1 aromatic carbocycles. The van der Waals surface area contributed by atoms with Crippen molar-refractivity contribution < 1.29 is 22.7 Å². The summed E-state index contributed by atoms with van der Waals surface area (Å²) in [5.41, 5.74) is 2.47. The normalized spacial score (nSPS) is 23.0. The zero-order valence-corrected chi connectivity index (χ0v) is 15.4. The summed E-state index contributed by atoms with van der Waals surface area (Å²) in [5, 5.41) is 1.83. The van der Waals surface area contributed by atoms with Gasteiger partial charge in [0.25, 0.3) is 0 Å². The number of nitrogens with one attached hydrogen (secondary N) is 1. The van der Waals surface area contributed by atoms with Gasteiger partial charge in [-0.1, -0.05) is 6.92 Å². The molecule has 1 spiro atoms. The van der Waals surface area contributed by atoms with Gasteiger partial charge in [0.2, 0.25) is 5.91 Å². The number of amides is 1. The molecule has 25 heavy (non-hydrogen) atoms. The van der Waals surface area contributed by atoms with Crippen molar-refractivity contribution in [1.29, 1.82) is 0 Å². The molecule has 1 N–H and O–H groups in total. The summed E-state index contributed by atoms with van der Waals surface area (Å²) in [7, 11) is -3.38. The van der Waals surface area contributed by atoms with Gasteiger partial charge in [0.05, 0.1) is 16.4 Å². The van der Waals surface area contributed by atoms with Crippen molar-refractivity contribution in [3.63, 3.8) is 0 Å². The van der Waals surface area contributed by atoms with Crippen LogP contribution in [-0.4, -0.2) is 50.1 Å². The fraction of sp³-hybridized carbons (Fsp3) is 0.529. The van der Waals surface area contributed by atoms with E-state index in [1.807, 2.05) is 11.9 Å². The molecule has 0 saturated carbocycles. The Morgan fingerprint density at radius 1 is 1.32 bits per heavy atom. The number of nitrogens with zero attached hydrogens (tertiary/aromatic N) is 1. The molecule has 7 nitrogen and oxygen atoms in total. The van der Waals surface area contributed by atoms with Gasteiger partial charge in [0, 0.05) is 39.1 Å². The van der Waals surface area contributed by atoms with Crippen LogP contribution < -0.4 is 10.2 Å². The van der Waals surface area contributed by atoms with Crippen LogP contribution in [0, 0.1) is 5.92 Å². The molecule has 0 aromatic heterocycles. The summed E-state index contributed by atoms with van der Waals surface area (Å²) < 4.78 is 29.7. The first-order valence-corrected chi connectivity index (χ1v) is 10.1. The number of fused-ring (bicyclic) bond motifs is 1. The van der Waals surface area contributed by atoms with E-state index in [9.17, 15) is 18.0 Å². The monoisotopic (exact) mass is 366 g/mol. The topological polar surface area (TPSA) is 92.8 Å². The smallest absolute Gasteiger partial charge is 0.231 e. The van der Waals surface area contributed by atoms with Crippen LogP contribution >= 0.6 is 0 Å². The van der Waals surface area contributed by atoms with E-state index in [4.69, 9.17) is 4.74 Å². The third-order valence-electron chi connectivity index (χ3n) is 5.07. The fourth-order valence-corrected chi connectivity index (χ4v) is 4.20. The van der Waals surface area contributed by atoms with E-state index in [1.165, 1.54) is 19.1 Å². The Labute approximate surface area is 147 Å². The number of hydrogen-bond donors (Lipinski definition) is 1. The minimum atomic E-state index is -3.38. The second kappa shape index (κ2) is 6.10. The molecule has 8 heteroatoms. The van der Waals surface area contributed by atoms with E-state index < -0.39 is 15.4 Å². The number of hydrogen-bond acceptors (Lipinski definition) is 6. The lowest BCUT2D eigenvalue weighted by atomic mass is 9.75. The van der Waals surface area contributed by atoms with Gasteiger partial charge in [-0.05, 0) is 18.2 Å². The number of sulfone groups is 1. The number of hydrazine groups is 1. The van der Waals surface area contributed by atoms with E-state index in [2.05, 4.69) is 5.43 Å². The molecule has 2 aliphatic heterocycles. The van der Waals surface area contributed by atoms with Crippen molar-refractivity contribution in [1.82, 2.24) is 10.4 Å². The molecular weight excluding hydrogens is 344 g/mol. The number of Topliss-reactive ketones (excluding diaryl/α,β-unsaturated/α-hetero) is 1. The van der Waals surface area contributed by atoms with Gasteiger partial charge in [-0.2, -0.15) is 0 Å². The van der Waals surface area contributed by atoms with Crippen LogP contribution in [0.5, 0.6) is 5.75 Å². The van der Waals surface area contributed by atoms with Crippen LogP contribution in [0.2, 0.25) is 0 Å². The quantitative estimate of drug-likeness (QED) is 0.845. The molecule has 1 fully saturated rings. The lowest BCUT2D eigenvalue weighted by Gasteiger charge is -2.47. The Morgan fingerprint density at radius 3 is 2.52 bits per heavy atom. The number of piperidine rings is 1. The molecule has 0 aliphatic carbocycles. The van der Waals surface area contributed by atoms with Crippen LogP contribution in [0.4, 0.5) is 0 Å². The van der Waals surface area contributed by atoms with Crippen LogP contribution in [0.15, 0.2) is 23.1 Å². The summed E-state index contributed by atoms with van der Waals surface area (Å²) in [6.45, 7) is 4.47. The van der Waals surface area contributed by atoms with E-state index in [0.717, 1.165) is 6.26 Å². The largest absolute Gasteiger partial charge is 0.486 e. The van der Waals surface area contributed by atoms with E-state index in [0.29, 0.717) is 37.2 Å². The third kappa shape index (κ3) is 3.28. The number of benzene rings is 1. The first-order chi connectivity index (χ1) is 11.6. The molecular formula is C17H22N2O5S. The summed E-state index contributed by atoms with van der Waals surface area (Å²) in [4.78, 5) is 24.2. The van der Waals surface area contributed by atoms with Gasteiger partial charge in [0.1, 0.15) is 11.4 Å². The Hall–Kier alpha value is -1.93. The summed E-state index contributed by atoms with van der Waals surface area (Å²) >= 11 is 0. The molecule has 1 unspecified atom stereocenters. The van der Waals surface area contributed by atoms with Crippen molar-refractivity contribution in [2.45, 2.75) is 37.2 Å². The van der Waals surface area contributed by atoms with Crippen molar-refractivity contribution in [3.8, 4) is 5.75 Å². The average Bonchev–Trinajstić information content (AvgIpc) is 2.53. The lowest BCUT2D eigenvalue weighted by molar-refractivity contribution is -0.126. The van der Waals surface area contributed by atoms with Gasteiger partial charge in [0.15, 0.2) is 15.6 Å². The molecule has 0 radical (unpaired) electrons. The van der Waals surface area contributed by atoms with E-state index in [-0.39, 0.29) is 22.5 Å².